The van der Waals surface area contributed by atoms with Gasteiger partial charge in [-0.3, -0.25) is 14.9 Å². The van der Waals surface area contributed by atoms with E-state index in [0.29, 0.717) is 15.4 Å². The predicted octanol–water partition coefficient (Wildman–Crippen LogP) is 2.95. The van der Waals surface area contributed by atoms with Gasteiger partial charge in [0.2, 0.25) is 0 Å². The molecule has 1 amide bonds. The minimum Gasteiger partial charge on any atom is -0.496 e. The van der Waals surface area contributed by atoms with Crippen LogP contribution in [0.4, 0.5) is 10.7 Å². The summed E-state index contributed by atoms with van der Waals surface area (Å²) in [6.45, 7) is 2.99. The number of aryl methyl sites for hydroxylation is 1. The minimum absolute atomic E-state index is 0.0777. The highest BCUT2D eigenvalue weighted by atomic mass is 32.1. The number of thiophene rings is 1. The van der Waals surface area contributed by atoms with E-state index in [1.807, 2.05) is 0 Å². The van der Waals surface area contributed by atoms with Crippen LogP contribution in [0.2, 0.25) is 0 Å². The zero-order valence-corrected chi connectivity index (χ0v) is 16.7. The average molecular weight is 422 g/mol. The number of hydrogen-bond acceptors (Lipinski definition) is 9. The summed E-state index contributed by atoms with van der Waals surface area (Å²) in [4.78, 5) is 46.7. The number of benzene rings is 1. The maximum absolute atomic E-state index is 12.2. The first kappa shape index (κ1) is 21.8. The van der Waals surface area contributed by atoms with E-state index in [2.05, 4.69) is 5.32 Å². The van der Waals surface area contributed by atoms with E-state index in [1.54, 1.807) is 19.9 Å². The number of non-ortho nitro benzene ring substituents is 1. The van der Waals surface area contributed by atoms with E-state index in [0.717, 1.165) is 17.4 Å². The quantitative estimate of drug-likeness (QED) is 0.390. The molecule has 0 radical (unpaired) electrons. The molecule has 0 unspecified atom stereocenters. The lowest BCUT2D eigenvalue weighted by Crippen LogP contribution is -2.20. The number of anilines is 1. The molecule has 1 aromatic carbocycles. The van der Waals surface area contributed by atoms with Crippen molar-refractivity contribution in [3.63, 3.8) is 0 Å². The summed E-state index contributed by atoms with van der Waals surface area (Å²) in [6.07, 6.45) is 0. The summed E-state index contributed by atoms with van der Waals surface area (Å²) >= 11 is 1.04. The second-order valence-corrected chi connectivity index (χ2v) is 6.66. The first-order valence-electron chi connectivity index (χ1n) is 8.33. The molecule has 0 bridgehead atoms. The Morgan fingerprint density at radius 1 is 1.17 bits per heavy atom. The molecule has 0 saturated carbocycles. The second kappa shape index (κ2) is 9.64. The zero-order chi connectivity index (χ0) is 21.6. The SMILES string of the molecule is CCOC(=O)c1sc(NC(=O)COC(=O)c2cc([N+](=O)[O-])ccc2OC)cc1C. The summed E-state index contributed by atoms with van der Waals surface area (Å²) < 4.78 is 14.9. The Labute approximate surface area is 169 Å². The third-order valence-corrected chi connectivity index (χ3v) is 4.72. The molecule has 0 fully saturated rings. The molecular formula is C18H18N2O8S. The van der Waals surface area contributed by atoms with E-state index in [4.69, 9.17) is 14.2 Å². The summed E-state index contributed by atoms with van der Waals surface area (Å²) in [6, 6.07) is 5.05. The molecule has 2 rings (SSSR count). The average Bonchev–Trinajstić information content (AvgIpc) is 3.05. The van der Waals surface area contributed by atoms with Crippen LogP contribution >= 0.6 is 11.3 Å². The largest absolute Gasteiger partial charge is 0.496 e. The van der Waals surface area contributed by atoms with Gasteiger partial charge in [-0.2, -0.15) is 0 Å². The van der Waals surface area contributed by atoms with Crippen molar-refractivity contribution in [3.8, 4) is 5.75 Å². The normalized spacial score (nSPS) is 10.2. The highest BCUT2D eigenvalue weighted by molar-refractivity contribution is 7.18. The minimum atomic E-state index is -0.949. The monoisotopic (exact) mass is 422 g/mol. The molecule has 2 aromatic rings. The van der Waals surface area contributed by atoms with Crippen molar-refractivity contribution in [1.82, 2.24) is 0 Å². The highest BCUT2D eigenvalue weighted by Crippen LogP contribution is 2.27. The maximum Gasteiger partial charge on any atom is 0.348 e. The van der Waals surface area contributed by atoms with Gasteiger partial charge in [0.25, 0.3) is 11.6 Å². The molecule has 154 valence electrons. The van der Waals surface area contributed by atoms with Crippen molar-refractivity contribution in [1.29, 1.82) is 0 Å². The van der Waals surface area contributed by atoms with Gasteiger partial charge in [0.15, 0.2) is 6.61 Å². The van der Waals surface area contributed by atoms with Gasteiger partial charge in [0.05, 0.1) is 23.6 Å². The topological polar surface area (TPSA) is 134 Å². The van der Waals surface area contributed by atoms with E-state index < -0.39 is 29.4 Å². The summed E-state index contributed by atoms with van der Waals surface area (Å²) in [5.41, 5.74) is 0.149. The molecule has 0 aliphatic carbocycles. The number of nitrogens with zero attached hydrogens (tertiary/aromatic N) is 1. The van der Waals surface area contributed by atoms with Crippen molar-refractivity contribution in [2.24, 2.45) is 0 Å². The van der Waals surface area contributed by atoms with E-state index >= 15 is 0 Å². The van der Waals surface area contributed by atoms with Gasteiger partial charge in [-0.15, -0.1) is 11.3 Å². The van der Waals surface area contributed by atoms with Crippen molar-refractivity contribution in [3.05, 3.63) is 50.4 Å². The lowest BCUT2D eigenvalue weighted by molar-refractivity contribution is -0.384. The van der Waals surface area contributed by atoms with Gasteiger partial charge in [0, 0.05) is 12.1 Å². The number of nitro benzene ring substituents is 1. The number of carbonyl (C=O) groups is 3. The standard InChI is InChI=1S/C18H18N2O8S/c1-4-27-18(23)16-10(2)7-15(29-16)19-14(21)9-28-17(22)12-8-11(20(24)25)5-6-13(12)26-3/h5-8H,4,9H2,1-3H3,(H,19,21). The molecule has 0 spiro atoms. The number of esters is 2. The van der Waals surface area contributed by atoms with Gasteiger partial charge in [-0.05, 0) is 31.5 Å². The summed E-state index contributed by atoms with van der Waals surface area (Å²) in [5, 5.41) is 13.8. The Balaban J connectivity index is 2.02. The smallest absolute Gasteiger partial charge is 0.348 e. The number of hydrogen-bond donors (Lipinski definition) is 1. The Morgan fingerprint density at radius 2 is 1.90 bits per heavy atom. The number of nitro groups is 1. The Hall–Kier alpha value is -3.47. The third-order valence-electron chi connectivity index (χ3n) is 3.59. The van der Waals surface area contributed by atoms with Crippen molar-refractivity contribution < 1.29 is 33.5 Å². The first-order valence-corrected chi connectivity index (χ1v) is 9.15. The van der Waals surface area contributed by atoms with Crippen LogP contribution in [0.3, 0.4) is 0 Å². The second-order valence-electron chi connectivity index (χ2n) is 5.61. The maximum atomic E-state index is 12.2. The van der Waals surface area contributed by atoms with Crippen molar-refractivity contribution >= 4 is 39.9 Å². The molecule has 29 heavy (non-hydrogen) atoms. The molecule has 0 saturated heterocycles. The highest BCUT2D eigenvalue weighted by Gasteiger charge is 2.20. The summed E-state index contributed by atoms with van der Waals surface area (Å²) in [5.74, 6) is -2.00. The van der Waals surface area contributed by atoms with Crippen LogP contribution in [0, 0.1) is 17.0 Å². The molecule has 1 heterocycles. The number of methoxy groups -OCH3 is 1. The zero-order valence-electron chi connectivity index (χ0n) is 15.8. The Kier molecular flexibility index (Phi) is 7.26. The van der Waals surface area contributed by atoms with Gasteiger partial charge < -0.3 is 19.5 Å². The van der Waals surface area contributed by atoms with Gasteiger partial charge >= 0.3 is 11.9 Å². The number of amides is 1. The number of carbonyl (C=O) groups excluding carboxylic acids is 3. The molecule has 11 heteroatoms. The fraction of sp³-hybridized carbons (Fsp3) is 0.278. The number of ether oxygens (including phenoxy) is 3. The molecule has 0 aliphatic heterocycles. The lowest BCUT2D eigenvalue weighted by Gasteiger charge is -2.08. The van der Waals surface area contributed by atoms with Gasteiger partial charge in [-0.1, -0.05) is 0 Å². The lowest BCUT2D eigenvalue weighted by atomic mass is 10.2. The van der Waals surface area contributed by atoms with Crippen LogP contribution in [0.25, 0.3) is 0 Å². The molecule has 0 atom stereocenters. The van der Waals surface area contributed by atoms with Gasteiger partial charge in [0.1, 0.15) is 16.2 Å². The van der Waals surface area contributed by atoms with Crippen LogP contribution < -0.4 is 10.1 Å². The van der Waals surface area contributed by atoms with E-state index in [9.17, 15) is 24.5 Å². The summed E-state index contributed by atoms with van der Waals surface area (Å²) in [7, 11) is 1.30. The van der Waals surface area contributed by atoms with Crippen LogP contribution in [0.15, 0.2) is 24.3 Å². The van der Waals surface area contributed by atoms with E-state index in [1.165, 1.54) is 19.2 Å². The fourth-order valence-corrected chi connectivity index (χ4v) is 3.28. The van der Waals surface area contributed by atoms with Crippen LogP contribution in [-0.4, -0.2) is 43.1 Å². The van der Waals surface area contributed by atoms with Crippen molar-refractivity contribution in [2.75, 3.05) is 25.6 Å². The van der Waals surface area contributed by atoms with Crippen LogP contribution in [0.1, 0.15) is 32.5 Å². The Morgan fingerprint density at radius 3 is 2.52 bits per heavy atom. The number of rotatable bonds is 8. The fourth-order valence-electron chi connectivity index (χ4n) is 2.29. The third kappa shape index (κ3) is 5.51. The predicted molar refractivity (Wildman–Crippen MR) is 104 cm³/mol. The number of nitrogens with one attached hydrogen (secondary N) is 1. The van der Waals surface area contributed by atoms with E-state index in [-0.39, 0.29) is 23.6 Å². The molecule has 10 nitrogen and oxygen atoms in total. The van der Waals surface area contributed by atoms with Crippen LogP contribution in [-0.2, 0) is 14.3 Å². The molecule has 0 aliphatic rings. The Bertz CT molecular complexity index is 953. The van der Waals surface area contributed by atoms with Crippen LogP contribution in [0.5, 0.6) is 5.75 Å². The molecular weight excluding hydrogens is 404 g/mol. The molecule has 1 N–H and O–H groups in total. The van der Waals surface area contributed by atoms with Crippen molar-refractivity contribution in [2.45, 2.75) is 13.8 Å². The van der Waals surface area contributed by atoms with Gasteiger partial charge in [-0.25, -0.2) is 9.59 Å². The molecule has 1 aromatic heterocycles. The first-order chi connectivity index (χ1) is 13.8.